The number of hydrogen-bond donors (Lipinski definition) is 1. The lowest BCUT2D eigenvalue weighted by Crippen LogP contribution is -2.27. The smallest absolute Gasteiger partial charge is 0.342 e. The van der Waals surface area contributed by atoms with Crippen molar-refractivity contribution in [1.29, 1.82) is 0 Å². The summed E-state index contributed by atoms with van der Waals surface area (Å²) in [6.45, 7) is 5.27. The van der Waals surface area contributed by atoms with Crippen molar-refractivity contribution < 1.29 is 13.2 Å². The Bertz CT molecular complexity index is 664. The average molecular weight is 348 g/mol. The van der Waals surface area contributed by atoms with Gasteiger partial charge in [-0.15, -0.1) is 0 Å². The standard InChI is InChI=1S/C16H21ClF3N3/c1-10(2)23(3)7-5-4-6-15-21-13-8-11(16(18,19)20)12(17)9-14(13)22-15/h8-10H,4-7H2,1-3H3,(H,21,22). The molecule has 0 spiro atoms. The molecule has 3 nitrogen and oxygen atoms in total. The summed E-state index contributed by atoms with van der Waals surface area (Å²) in [5.74, 6) is 0.697. The van der Waals surface area contributed by atoms with Crippen LogP contribution in [-0.4, -0.2) is 34.5 Å². The summed E-state index contributed by atoms with van der Waals surface area (Å²) in [6.07, 6.45) is -1.81. The summed E-state index contributed by atoms with van der Waals surface area (Å²) < 4.78 is 38.5. The van der Waals surface area contributed by atoms with E-state index in [4.69, 9.17) is 11.6 Å². The van der Waals surface area contributed by atoms with Crippen molar-refractivity contribution in [2.45, 2.75) is 45.3 Å². The molecule has 0 fully saturated rings. The first-order valence-electron chi connectivity index (χ1n) is 7.64. The van der Waals surface area contributed by atoms with Crippen LogP contribution in [0.3, 0.4) is 0 Å². The van der Waals surface area contributed by atoms with Gasteiger partial charge in [-0.25, -0.2) is 4.98 Å². The van der Waals surface area contributed by atoms with Crippen LogP contribution in [0, 0.1) is 0 Å². The number of rotatable bonds is 6. The fourth-order valence-corrected chi connectivity index (χ4v) is 2.60. The van der Waals surface area contributed by atoms with Crippen LogP contribution in [0.5, 0.6) is 0 Å². The second-order valence-electron chi connectivity index (χ2n) is 6.06. The van der Waals surface area contributed by atoms with E-state index in [2.05, 4.69) is 35.8 Å². The Morgan fingerprint density at radius 2 is 1.96 bits per heavy atom. The monoisotopic (exact) mass is 347 g/mol. The molecule has 0 radical (unpaired) electrons. The number of hydrogen-bond acceptors (Lipinski definition) is 2. The summed E-state index contributed by atoms with van der Waals surface area (Å²) in [5.41, 5.74) is 0.00810. The van der Waals surface area contributed by atoms with Crippen LogP contribution in [-0.2, 0) is 12.6 Å². The molecule has 2 rings (SSSR count). The molecule has 0 bridgehead atoms. The van der Waals surface area contributed by atoms with Gasteiger partial charge in [0.05, 0.1) is 21.6 Å². The molecule has 2 aromatic rings. The minimum absolute atomic E-state index is 0.318. The number of benzene rings is 1. The quantitative estimate of drug-likeness (QED) is 0.754. The third kappa shape index (κ3) is 4.61. The van der Waals surface area contributed by atoms with Crippen molar-refractivity contribution in [1.82, 2.24) is 14.9 Å². The zero-order chi connectivity index (χ0) is 17.2. The molecular weight excluding hydrogens is 327 g/mol. The van der Waals surface area contributed by atoms with Gasteiger partial charge in [0.25, 0.3) is 0 Å². The molecule has 0 amide bonds. The van der Waals surface area contributed by atoms with Gasteiger partial charge in [-0.3, -0.25) is 0 Å². The molecule has 0 saturated heterocycles. The third-order valence-corrected chi connectivity index (χ3v) is 4.29. The highest BCUT2D eigenvalue weighted by Gasteiger charge is 2.33. The maximum atomic E-state index is 12.8. The predicted molar refractivity (Wildman–Crippen MR) is 86.8 cm³/mol. The molecule has 0 aliphatic heterocycles. The van der Waals surface area contributed by atoms with E-state index < -0.39 is 11.7 Å². The first-order chi connectivity index (χ1) is 10.7. The first-order valence-corrected chi connectivity index (χ1v) is 8.02. The fraction of sp³-hybridized carbons (Fsp3) is 0.562. The van der Waals surface area contributed by atoms with E-state index in [1.807, 2.05) is 0 Å². The zero-order valence-corrected chi connectivity index (χ0v) is 14.2. The zero-order valence-electron chi connectivity index (χ0n) is 13.5. The van der Waals surface area contributed by atoms with Crippen LogP contribution in [0.4, 0.5) is 13.2 Å². The molecule has 7 heteroatoms. The Morgan fingerprint density at radius 1 is 1.26 bits per heavy atom. The molecule has 1 N–H and O–H groups in total. The van der Waals surface area contributed by atoms with E-state index in [0.29, 0.717) is 29.3 Å². The van der Waals surface area contributed by atoms with Gasteiger partial charge >= 0.3 is 6.18 Å². The highest BCUT2D eigenvalue weighted by atomic mass is 35.5. The molecule has 0 aliphatic carbocycles. The summed E-state index contributed by atoms with van der Waals surface area (Å²) in [6, 6.07) is 2.80. The van der Waals surface area contributed by atoms with Crippen molar-refractivity contribution in [3.63, 3.8) is 0 Å². The van der Waals surface area contributed by atoms with Crippen molar-refractivity contribution >= 4 is 22.6 Å². The lowest BCUT2D eigenvalue weighted by atomic mass is 10.2. The second kappa shape index (κ2) is 7.09. The molecule has 0 atom stereocenters. The molecule has 23 heavy (non-hydrogen) atoms. The summed E-state index contributed by atoms with van der Waals surface area (Å²) in [5, 5.41) is -0.318. The fourth-order valence-electron chi connectivity index (χ4n) is 2.33. The van der Waals surface area contributed by atoms with Crippen LogP contribution >= 0.6 is 11.6 Å². The van der Waals surface area contributed by atoms with Crippen LogP contribution < -0.4 is 0 Å². The molecule has 1 aromatic heterocycles. The van der Waals surface area contributed by atoms with E-state index in [1.54, 1.807) is 0 Å². The molecule has 0 unspecified atom stereocenters. The summed E-state index contributed by atoms with van der Waals surface area (Å²) >= 11 is 5.71. The van der Waals surface area contributed by atoms with Gasteiger partial charge in [0.1, 0.15) is 5.82 Å². The Kier molecular flexibility index (Phi) is 5.57. The number of fused-ring (bicyclic) bond motifs is 1. The topological polar surface area (TPSA) is 31.9 Å². The van der Waals surface area contributed by atoms with Gasteiger partial charge in [-0.05, 0) is 52.4 Å². The van der Waals surface area contributed by atoms with Crippen LogP contribution in [0.2, 0.25) is 5.02 Å². The molecule has 0 aliphatic rings. The van der Waals surface area contributed by atoms with Crippen LogP contribution in [0.15, 0.2) is 12.1 Å². The average Bonchev–Trinajstić information content (AvgIpc) is 2.82. The number of nitrogens with zero attached hydrogens (tertiary/aromatic N) is 2. The number of nitrogens with one attached hydrogen (secondary N) is 1. The normalized spacial score (nSPS) is 12.7. The summed E-state index contributed by atoms with van der Waals surface area (Å²) in [4.78, 5) is 9.55. The Balaban J connectivity index is 2.03. The highest BCUT2D eigenvalue weighted by Crippen LogP contribution is 2.36. The number of aromatic amines is 1. The molecule has 128 valence electrons. The van der Waals surface area contributed by atoms with Gasteiger partial charge in [-0.1, -0.05) is 11.6 Å². The third-order valence-electron chi connectivity index (χ3n) is 3.98. The van der Waals surface area contributed by atoms with E-state index >= 15 is 0 Å². The molecular formula is C16H21ClF3N3. The maximum absolute atomic E-state index is 12.8. The van der Waals surface area contributed by atoms with Gasteiger partial charge < -0.3 is 9.88 Å². The number of H-pyrrole nitrogens is 1. The minimum Gasteiger partial charge on any atom is -0.342 e. The van der Waals surface area contributed by atoms with Gasteiger partial charge in [-0.2, -0.15) is 13.2 Å². The number of aromatic nitrogens is 2. The Morgan fingerprint density at radius 3 is 2.57 bits per heavy atom. The largest absolute Gasteiger partial charge is 0.417 e. The lowest BCUT2D eigenvalue weighted by Gasteiger charge is -2.20. The van der Waals surface area contributed by atoms with E-state index in [9.17, 15) is 13.2 Å². The first kappa shape index (κ1) is 18.1. The number of imidazole rings is 1. The molecule has 1 heterocycles. The predicted octanol–water partition coefficient (Wildman–Crippen LogP) is 4.90. The number of halogens is 4. The van der Waals surface area contributed by atoms with Crippen molar-refractivity contribution in [3.05, 3.63) is 28.5 Å². The van der Waals surface area contributed by atoms with Gasteiger partial charge in [0, 0.05) is 12.5 Å². The molecule has 0 saturated carbocycles. The Hall–Kier alpha value is -1.27. The van der Waals surface area contributed by atoms with E-state index in [0.717, 1.165) is 25.5 Å². The maximum Gasteiger partial charge on any atom is 0.417 e. The number of unbranched alkanes of at least 4 members (excludes halogenated alkanes) is 1. The summed E-state index contributed by atoms with van der Waals surface area (Å²) in [7, 11) is 2.08. The Labute approximate surface area is 138 Å². The molecule has 1 aromatic carbocycles. The van der Waals surface area contributed by atoms with E-state index in [1.165, 1.54) is 6.07 Å². The van der Waals surface area contributed by atoms with E-state index in [-0.39, 0.29) is 5.02 Å². The SMILES string of the molecule is CC(C)N(C)CCCCc1nc2cc(Cl)c(C(F)(F)F)cc2[nH]1. The van der Waals surface area contributed by atoms with Crippen molar-refractivity contribution in [2.24, 2.45) is 0 Å². The number of alkyl halides is 3. The van der Waals surface area contributed by atoms with Gasteiger partial charge in [0.15, 0.2) is 0 Å². The lowest BCUT2D eigenvalue weighted by molar-refractivity contribution is -0.137. The van der Waals surface area contributed by atoms with Gasteiger partial charge in [0.2, 0.25) is 0 Å². The second-order valence-corrected chi connectivity index (χ2v) is 6.47. The highest BCUT2D eigenvalue weighted by molar-refractivity contribution is 6.32. The van der Waals surface area contributed by atoms with Crippen molar-refractivity contribution in [2.75, 3.05) is 13.6 Å². The number of aryl methyl sites for hydroxylation is 1. The van der Waals surface area contributed by atoms with Crippen LogP contribution in [0.25, 0.3) is 11.0 Å². The minimum atomic E-state index is -4.46. The van der Waals surface area contributed by atoms with Crippen molar-refractivity contribution in [3.8, 4) is 0 Å². The van der Waals surface area contributed by atoms with Crippen LogP contribution in [0.1, 0.15) is 38.1 Å².